The van der Waals surface area contributed by atoms with Gasteiger partial charge in [0, 0.05) is 36.2 Å². The molecule has 1 aromatic carbocycles. The molecule has 0 bridgehead atoms. The normalized spacial score (nSPS) is 15.6. The molecule has 1 fully saturated rings. The number of ether oxygens (including phenoxy) is 1. The maximum Gasteiger partial charge on any atom is 0.252 e. The number of hydrogen-bond donors (Lipinski definition) is 2. The molecule has 1 unspecified atom stereocenters. The number of H-pyrrole nitrogens is 1. The van der Waals surface area contributed by atoms with Crippen molar-refractivity contribution in [3.05, 3.63) is 46.0 Å². The molecule has 0 amide bonds. The second-order valence-electron chi connectivity index (χ2n) is 9.46. The summed E-state index contributed by atoms with van der Waals surface area (Å²) >= 11 is 0. The van der Waals surface area contributed by atoms with Crippen LogP contribution in [-0.4, -0.2) is 55.0 Å². The summed E-state index contributed by atoms with van der Waals surface area (Å²) < 4.78 is 7.65. The number of aliphatic hydroxyl groups excluding tert-OH is 1. The zero-order valence-electron chi connectivity index (χ0n) is 20.4. The third kappa shape index (κ3) is 5.31. The zero-order chi connectivity index (χ0) is 24.1. The molecule has 34 heavy (non-hydrogen) atoms. The summed E-state index contributed by atoms with van der Waals surface area (Å²) in [5.74, 6) is 1.84. The van der Waals surface area contributed by atoms with Crippen LogP contribution in [-0.2, 0) is 6.54 Å². The van der Waals surface area contributed by atoms with Crippen LogP contribution in [0.1, 0.15) is 76.3 Å². The molecule has 184 valence electrons. The number of rotatable bonds is 11. The molecule has 2 aromatic heterocycles. The van der Waals surface area contributed by atoms with Crippen molar-refractivity contribution in [1.29, 1.82) is 0 Å². The van der Waals surface area contributed by atoms with Crippen LogP contribution in [0.3, 0.4) is 0 Å². The molecule has 0 radical (unpaired) electrons. The van der Waals surface area contributed by atoms with E-state index >= 15 is 0 Å². The lowest BCUT2D eigenvalue weighted by molar-refractivity contribution is 0.120. The number of tetrazole rings is 1. The molecule has 2 heterocycles. The maximum atomic E-state index is 13.0. The number of nitrogens with zero attached hydrogens (tertiary/aromatic N) is 5. The summed E-state index contributed by atoms with van der Waals surface area (Å²) in [5.41, 5.74) is 1.35. The second kappa shape index (κ2) is 11.1. The molecule has 4 rings (SSSR count). The lowest BCUT2D eigenvalue weighted by atomic mass is 9.99. The Morgan fingerprint density at radius 1 is 1.26 bits per heavy atom. The summed E-state index contributed by atoms with van der Waals surface area (Å²) in [6.07, 6.45) is 5.17. The number of benzene rings is 1. The molecule has 0 spiro atoms. The highest BCUT2D eigenvalue weighted by Crippen LogP contribution is 2.34. The lowest BCUT2D eigenvalue weighted by Crippen LogP contribution is -2.37. The van der Waals surface area contributed by atoms with Crippen molar-refractivity contribution in [3.8, 4) is 5.75 Å². The SMILES string of the molecule is CCOc1ccc2[nH]c(=O)c(CN(CCCO)C(c3nnnn3C3CCCC3)C(C)C)cc2c1. The van der Waals surface area contributed by atoms with Crippen molar-refractivity contribution in [2.24, 2.45) is 5.92 Å². The number of hydrogen-bond acceptors (Lipinski definition) is 7. The van der Waals surface area contributed by atoms with E-state index < -0.39 is 0 Å². The van der Waals surface area contributed by atoms with E-state index in [0.29, 0.717) is 37.7 Å². The van der Waals surface area contributed by atoms with Crippen LogP contribution in [0.25, 0.3) is 10.9 Å². The predicted octanol–water partition coefficient (Wildman–Crippen LogP) is 3.61. The number of fused-ring (bicyclic) bond motifs is 1. The van der Waals surface area contributed by atoms with Gasteiger partial charge in [0.15, 0.2) is 5.82 Å². The van der Waals surface area contributed by atoms with Gasteiger partial charge in [0.25, 0.3) is 5.56 Å². The lowest BCUT2D eigenvalue weighted by Gasteiger charge is -2.34. The Balaban J connectivity index is 1.69. The van der Waals surface area contributed by atoms with Crippen LogP contribution in [0.2, 0.25) is 0 Å². The highest BCUT2D eigenvalue weighted by atomic mass is 16.5. The van der Waals surface area contributed by atoms with Gasteiger partial charge in [-0.25, -0.2) is 4.68 Å². The third-order valence-corrected chi connectivity index (χ3v) is 6.66. The quantitative estimate of drug-likeness (QED) is 0.442. The summed E-state index contributed by atoms with van der Waals surface area (Å²) in [6, 6.07) is 7.89. The Morgan fingerprint density at radius 3 is 2.76 bits per heavy atom. The average Bonchev–Trinajstić information content (AvgIpc) is 3.50. The van der Waals surface area contributed by atoms with Crippen molar-refractivity contribution >= 4 is 10.9 Å². The molecule has 9 heteroatoms. The summed E-state index contributed by atoms with van der Waals surface area (Å²) in [4.78, 5) is 18.3. The molecule has 0 saturated heterocycles. The molecule has 2 N–H and O–H groups in total. The molecule has 1 aliphatic rings. The first kappa shape index (κ1) is 24.3. The monoisotopic (exact) mass is 468 g/mol. The van der Waals surface area contributed by atoms with Crippen LogP contribution in [0, 0.1) is 5.92 Å². The maximum absolute atomic E-state index is 13.0. The van der Waals surface area contributed by atoms with Crippen LogP contribution < -0.4 is 10.3 Å². The summed E-state index contributed by atoms with van der Waals surface area (Å²) in [7, 11) is 0. The van der Waals surface area contributed by atoms with E-state index in [4.69, 9.17) is 4.74 Å². The minimum absolute atomic E-state index is 0.0768. The van der Waals surface area contributed by atoms with Crippen molar-refractivity contribution < 1.29 is 9.84 Å². The minimum atomic E-state index is -0.108. The van der Waals surface area contributed by atoms with Crippen molar-refractivity contribution in [1.82, 2.24) is 30.1 Å². The van der Waals surface area contributed by atoms with E-state index in [-0.39, 0.29) is 24.1 Å². The highest BCUT2D eigenvalue weighted by molar-refractivity contribution is 5.80. The first-order valence-corrected chi connectivity index (χ1v) is 12.4. The van der Waals surface area contributed by atoms with E-state index in [1.165, 1.54) is 12.8 Å². The first-order valence-electron chi connectivity index (χ1n) is 12.4. The number of aromatic amines is 1. The molecular weight excluding hydrogens is 432 g/mol. The van der Waals surface area contributed by atoms with Crippen molar-refractivity contribution in [2.75, 3.05) is 19.8 Å². The van der Waals surface area contributed by atoms with Crippen LogP contribution in [0.5, 0.6) is 5.75 Å². The van der Waals surface area contributed by atoms with E-state index in [9.17, 15) is 9.90 Å². The van der Waals surface area contributed by atoms with Gasteiger partial charge in [-0.15, -0.1) is 5.10 Å². The third-order valence-electron chi connectivity index (χ3n) is 6.66. The Labute approximate surface area is 200 Å². The Kier molecular flexibility index (Phi) is 7.95. The summed E-state index contributed by atoms with van der Waals surface area (Å²) in [5, 5.41) is 23.4. The van der Waals surface area contributed by atoms with Gasteiger partial charge in [-0.3, -0.25) is 9.69 Å². The van der Waals surface area contributed by atoms with E-state index in [2.05, 4.69) is 39.3 Å². The molecule has 0 aliphatic heterocycles. The molecule has 3 aromatic rings. The minimum Gasteiger partial charge on any atom is -0.494 e. The number of pyridine rings is 1. The van der Waals surface area contributed by atoms with Gasteiger partial charge in [0.05, 0.1) is 18.7 Å². The van der Waals surface area contributed by atoms with Gasteiger partial charge in [-0.05, 0) is 66.8 Å². The van der Waals surface area contributed by atoms with Gasteiger partial charge < -0.3 is 14.8 Å². The topological polar surface area (TPSA) is 109 Å². The fraction of sp³-hybridized carbons (Fsp3) is 0.600. The standard InChI is InChI=1S/C25H36N6O3/c1-4-34-21-10-11-22-18(15-21)14-19(25(33)26-22)16-30(12-7-13-32)23(17(2)3)24-27-28-29-31(24)20-8-5-6-9-20/h10-11,14-15,17,20,23,32H,4-9,12-13,16H2,1-3H3,(H,26,33). The average molecular weight is 469 g/mol. The molecule has 1 atom stereocenters. The van der Waals surface area contributed by atoms with Crippen LogP contribution >= 0.6 is 0 Å². The number of nitrogens with one attached hydrogen (secondary N) is 1. The Morgan fingerprint density at radius 2 is 2.06 bits per heavy atom. The fourth-order valence-corrected chi connectivity index (χ4v) is 5.10. The molecule has 9 nitrogen and oxygen atoms in total. The van der Waals surface area contributed by atoms with Gasteiger partial charge >= 0.3 is 0 Å². The Hall–Kier alpha value is -2.78. The van der Waals surface area contributed by atoms with Crippen LogP contribution in [0.4, 0.5) is 0 Å². The Bertz CT molecular complexity index is 1140. The predicted molar refractivity (Wildman–Crippen MR) is 131 cm³/mol. The van der Waals surface area contributed by atoms with Gasteiger partial charge in [-0.2, -0.15) is 0 Å². The highest BCUT2D eigenvalue weighted by Gasteiger charge is 2.32. The van der Waals surface area contributed by atoms with Gasteiger partial charge in [-0.1, -0.05) is 26.7 Å². The first-order chi connectivity index (χ1) is 16.5. The van der Waals surface area contributed by atoms with Crippen molar-refractivity contribution in [3.63, 3.8) is 0 Å². The van der Waals surface area contributed by atoms with E-state index in [1.54, 1.807) is 0 Å². The smallest absolute Gasteiger partial charge is 0.252 e. The van der Waals surface area contributed by atoms with E-state index in [1.807, 2.05) is 35.9 Å². The van der Waals surface area contributed by atoms with Gasteiger partial charge in [0.2, 0.25) is 0 Å². The number of aromatic nitrogens is 5. The molecular formula is C25H36N6O3. The van der Waals surface area contributed by atoms with Gasteiger partial charge in [0.1, 0.15) is 5.75 Å². The fourth-order valence-electron chi connectivity index (χ4n) is 5.10. The summed E-state index contributed by atoms with van der Waals surface area (Å²) in [6.45, 7) is 8.00. The van der Waals surface area contributed by atoms with E-state index in [0.717, 1.165) is 35.3 Å². The molecule has 1 aliphatic carbocycles. The van der Waals surface area contributed by atoms with Crippen molar-refractivity contribution in [2.45, 2.75) is 71.5 Å². The number of aliphatic hydroxyl groups is 1. The zero-order valence-corrected chi connectivity index (χ0v) is 20.4. The molecule has 1 saturated carbocycles. The van der Waals surface area contributed by atoms with Crippen LogP contribution in [0.15, 0.2) is 29.1 Å². The second-order valence-corrected chi connectivity index (χ2v) is 9.46. The largest absolute Gasteiger partial charge is 0.494 e.